The summed E-state index contributed by atoms with van der Waals surface area (Å²) in [5.41, 5.74) is -0.343. The van der Waals surface area contributed by atoms with Gasteiger partial charge in [0, 0.05) is 0 Å². The number of benzene rings is 1. The molecule has 1 aromatic rings. The van der Waals surface area contributed by atoms with Crippen molar-refractivity contribution in [3.8, 4) is 0 Å². The Bertz CT molecular complexity index is 273. The molecule has 0 bridgehead atoms. The van der Waals surface area contributed by atoms with Crippen LogP contribution in [0.2, 0.25) is 0 Å². The smallest absolute Gasteiger partial charge is 0.266 e. The lowest BCUT2D eigenvalue weighted by Crippen LogP contribution is -1.92. The van der Waals surface area contributed by atoms with Crippen LogP contribution >= 0.6 is 0 Å². The van der Waals surface area contributed by atoms with Gasteiger partial charge in [-0.3, -0.25) is 0 Å². The predicted molar refractivity (Wildman–Crippen MR) is 37.3 cm³/mol. The van der Waals surface area contributed by atoms with Gasteiger partial charge < -0.3 is 5.11 Å². The topological polar surface area (TPSA) is 20.2 Å². The van der Waals surface area contributed by atoms with Gasteiger partial charge in [0.05, 0.1) is 12.2 Å². The zero-order valence-corrected chi connectivity index (χ0v) is 6.10. The third kappa shape index (κ3) is 1.76. The number of aliphatic hydroxyl groups is 1. The van der Waals surface area contributed by atoms with Gasteiger partial charge in [0.2, 0.25) is 0 Å². The molecular weight excluding hydrogens is 169 g/mol. The van der Waals surface area contributed by atoms with Gasteiger partial charge in [0.1, 0.15) is 5.82 Å². The summed E-state index contributed by atoms with van der Waals surface area (Å²) in [6, 6.07) is 3.15. The first kappa shape index (κ1) is 9.06. The molecule has 1 aromatic carbocycles. The second-order valence-electron chi connectivity index (χ2n) is 2.31. The van der Waals surface area contributed by atoms with Crippen LogP contribution in [0.15, 0.2) is 18.2 Å². The second-order valence-corrected chi connectivity index (χ2v) is 2.31. The molecule has 0 aromatic heterocycles. The van der Waals surface area contributed by atoms with Crippen molar-refractivity contribution in [2.24, 2.45) is 0 Å². The lowest BCUT2D eigenvalue weighted by atomic mass is 10.1. The van der Waals surface area contributed by atoms with E-state index in [4.69, 9.17) is 5.11 Å². The highest BCUT2D eigenvalue weighted by Gasteiger charge is 2.12. The fourth-order valence-corrected chi connectivity index (χ4v) is 0.846. The second kappa shape index (κ2) is 3.58. The molecule has 0 spiro atoms. The van der Waals surface area contributed by atoms with Crippen molar-refractivity contribution < 1.29 is 18.3 Å². The van der Waals surface area contributed by atoms with Crippen molar-refractivity contribution in [3.63, 3.8) is 0 Å². The fourth-order valence-electron chi connectivity index (χ4n) is 0.846. The van der Waals surface area contributed by atoms with Gasteiger partial charge in [0.25, 0.3) is 6.43 Å². The quantitative estimate of drug-likeness (QED) is 0.732. The molecule has 0 aliphatic carbocycles. The summed E-state index contributed by atoms with van der Waals surface area (Å²) in [5.74, 6) is -0.975. The third-order valence-electron chi connectivity index (χ3n) is 1.48. The van der Waals surface area contributed by atoms with Crippen molar-refractivity contribution in [2.75, 3.05) is 0 Å². The molecule has 12 heavy (non-hydrogen) atoms. The van der Waals surface area contributed by atoms with Gasteiger partial charge in [-0.15, -0.1) is 0 Å². The molecule has 0 aliphatic heterocycles. The highest BCUT2D eigenvalue weighted by Crippen LogP contribution is 2.22. The van der Waals surface area contributed by atoms with Crippen LogP contribution in [0.3, 0.4) is 0 Å². The Balaban J connectivity index is 3.03. The molecule has 0 fully saturated rings. The van der Waals surface area contributed by atoms with Gasteiger partial charge in [-0.05, 0) is 11.6 Å². The Morgan fingerprint density at radius 2 is 2.00 bits per heavy atom. The van der Waals surface area contributed by atoms with E-state index in [-0.39, 0.29) is 12.2 Å². The van der Waals surface area contributed by atoms with Crippen molar-refractivity contribution in [1.29, 1.82) is 0 Å². The number of hydrogen-bond donors (Lipinski definition) is 1. The molecule has 0 unspecified atom stereocenters. The average Bonchev–Trinajstić information content (AvgIpc) is 2.03. The minimum atomic E-state index is -2.81. The van der Waals surface area contributed by atoms with Crippen LogP contribution in [0.5, 0.6) is 0 Å². The summed E-state index contributed by atoms with van der Waals surface area (Å²) in [6.07, 6.45) is -2.81. The van der Waals surface area contributed by atoms with Crippen molar-refractivity contribution in [2.45, 2.75) is 13.0 Å². The van der Waals surface area contributed by atoms with Crippen LogP contribution < -0.4 is 0 Å². The zero-order valence-electron chi connectivity index (χ0n) is 6.10. The summed E-state index contributed by atoms with van der Waals surface area (Å²) in [5, 5.41) is 8.54. The number of hydrogen-bond acceptors (Lipinski definition) is 1. The van der Waals surface area contributed by atoms with Crippen LogP contribution in [0.1, 0.15) is 17.6 Å². The number of alkyl halides is 2. The normalized spacial score (nSPS) is 10.8. The highest BCUT2D eigenvalue weighted by molar-refractivity contribution is 5.24. The summed E-state index contributed by atoms with van der Waals surface area (Å²) >= 11 is 0. The fraction of sp³-hybridized carbons (Fsp3) is 0.250. The lowest BCUT2D eigenvalue weighted by Gasteiger charge is -2.02. The molecule has 66 valence electrons. The van der Waals surface area contributed by atoms with Gasteiger partial charge in [0.15, 0.2) is 0 Å². The first-order chi connectivity index (χ1) is 5.65. The Morgan fingerprint density at radius 1 is 1.33 bits per heavy atom. The van der Waals surface area contributed by atoms with E-state index in [1.165, 1.54) is 6.07 Å². The van der Waals surface area contributed by atoms with Gasteiger partial charge in [-0.1, -0.05) is 12.1 Å². The standard InChI is InChI=1S/C8H7F3O/c9-7-3-5(4-12)1-2-6(7)8(10)11/h1-3,8,12H,4H2. The SMILES string of the molecule is OCc1ccc(C(F)F)c(F)c1. The van der Waals surface area contributed by atoms with Crippen LogP contribution in [-0.2, 0) is 6.61 Å². The summed E-state index contributed by atoms with van der Waals surface area (Å²) in [7, 11) is 0. The molecule has 1 rings (SSSR count). The number of rotatable bonds is 2. The molecular formula is C8H7F3O. The van der Waals surface area contributed by atoms with Crippen molar-refractivity contribution >= 4 is 0 Å². The van der Waals surface area contributed by atoms with E-state index < -0.39 is 17.8 Å². The molecule has 4 heteroatoms. The molecule has 0 atom stereocenters. The molecule has 0 saturated carbocycles. The van der Waals surface area contributed by atoms with E-state index in [1.807, 2.05) is 0 Å². The van der Waals surface area contributed by atoms with E-state index in [0.29, 0.717) is 0 Å². The highest BCUT2D eigenvalue weighted by atomic mass is 19.3. The zero-order chi connectivity index (χ0) is 9.14. The largest absolute Gasteiger partial charge is 0.392 e. The van der Waals surface area contributed by atoms with E-state index in [2.05, 4.69) is 0 Å². The van der Waals surface area contributed by atoms with Crippen molar-refractivity contribution in [3.05, 3.63) is 35.1 Å². The first-order valence-electron chi connectivity index (χ1n) is 3.32. The Hall–Kier alpha value is -1.03. The third-order valence-corrected chi connectivity index (χ3v) is 1.48. The molecule has 0 amide bonds. The minimum Gasteiger partial charge on any atom is -0.392 e. The Morgan fingerprint density at radius 3 is 2.42 bits per heavy atom. The van der Waals surface area contributed by atoms with Crippen LogP contribution in [0, 0.1) is 5.82 Å². The summed E-state index contributed by atoms with van der Waals surface area (Å²) in [4.78, 5) is 0. The molecule has 0 heterocycles. The Labute approximate surface area is 67.5 Å². The first-order valence-corrected chi connectivity index (χ1v) is 3.32. The molecule has 1 nitrogen and oxygen atoms in total. The average molecular weight is 176 g/mol. The maximum Gasteiger partial charge on any atom is 0.266 e. The minimum absolute atomic E-state index is 0.289. The van der Waals surface area contributed by atoms with E-state index in [9.17, 15) is 13.2 Å². The van der Waals surface area contributed by atoms with E-state index in [1.54, 1.807) is 0 Å². The maximum absolute atomic E-state index is 12.7. The summed E-state index contributed by atoms with van der Waals surface area (Å²) in [6.45, 7) is -0.347. The van der Waals surface area contributed by atoms with Crippen LogP contribution in [-0.4, -0.2) is 5.11 Å². The van der Waals surface area contributed by atoms with E-state index in [0.717, 1.165) is 12.1 Å². The number of halogens is 3. The molecule has 0 aliphatic rings. The Kier molecular flexibility index (Phi) is 2.70. The van der Waals surface area contributed by atoms with Gasteiger partial charge in [-0.2, -0.15) is 0 Å². The van der Waals surface area contributed by atoms with Crippen LogP contribution in [0.4, 0.5) is 13.2 Å². The predicted octanol–water partition coefficient (Wildman–Crippen LogP) is 2.26. The van der Waals surface area contributed by atoms with Gasteiger partial charge >= 0.3 is 0 Å². The molecule has 1 N–H and O–H groups in total. The molecule has 0 radical (unpaired) electrons. The maximum atomic E-state index is 12.7. The lowest BCUT2D eigenvalue weighted by molar-refractivity contribution is 0.146. The van der Waals surface area contributed by atoms with E-state index >= 15 is 0 Å². The van der Waals surface area contributed by atoms with Gasteiger partial charge in [-0.25, -0.2) is 13.2 Å². The van der Waals surface area contributed by atoms with Crippen LogP contribution in [0.25, 0.3) is 0 Å². The number of aliphatic hydroxyl groups excluding tert-OH is 1. The summed E-state index contributed by atoms with van der Waals surface area (Å²) < 4.78 is 36.6. The molecule has 0 saturated heterocycles. The van der Waals surface area contributed by atoms with Crippen molar-refractivity contribution in [1.82, 2.24) is 0 Å². The monoisotopic (exact) mass is 176 g/mol.